The van der Waals surface area contributed by atoms with E-state index in [1.807, 2.05) is 12.1 Å². The predicted octanol–water partition coefficient (Wildman–Crippen LogP) is 5.58. The molecule has 1 unspecified atom stereocenters. The first-order chi connectivity index (χ1) is 18.6. The fourth-order valence-corrected chi connectivity index (χ4v) is 7.89. The summed E-state index contributed by atoms with van der Waals surface area (Å²) in [4.78, 5) is 25.3. The Morgan fingerprint density at radius 1 is 1.21 bits per heavy atom. The molecule has 0 radical (unpaired) electrons. The van der Waals surface area contributed by atoms with Gasteiger partial charge in [0.15, 0.2) is 0 Å². The third-order valence-corrected chi connectivity index (χ3v) is 10.2. The maximum absolute atomic E-state index is 14.0. The molecule has 6 rings (SSSR count). The average Bonchev–Trinajstić information content (AvgIpc) is 3.61. The third kappa shape index (κ3) is 5.44. The van der Waals surface area contributed by atoms with E-state index >= 15 is 0 Å². The number of halogens is 4. The molecule has 2 aromatic heterocycles. The summed E-state index contributed by atoms with van der Waals surface area (Å²) in [5.74, 6) is 0.582. The summed E-state index contributed by atoms with van der Waals surface area (Å²) in [7, 11) is 0.0662. The number of aromatic nitrogens is 2. The summed E-state index contributed by atoms with van der Waals surface area (Å²) in [6.07, 6.45) is -0.566. The highest BCUT2D eigenvalue weighted by Crippen LogP contribution is 2.42. The Morgan fingerprint density at radius 3 is 2.74 bits per heavy atom. The normalized spacial score (nSPS) is 20.0. The summed E-state index contributed by atoms with van der Waals surface area (Å²) in [6.45, 7) is 3.17. The molecule has 3 aromatic rings. The van der Waals surface area contributed by atoms with Crippen molar-refractivity contribution in [3.63, 3.8) is 0 Å². The molecule has 7 nitrogen and oxygen atoms in total. The molecule has 2 aliphatic heterocycles. The van der Waals surface area contributed by atoms with Gasteiger partial charge in [0.1, 0.15) is 10.4 Å². The lowest BCUT2D eigenvalue weighted by Gasteiger charge is -2.29. The Morgan fingerprint density at radius 2 is 2.00 bits per heavy atom. The van der Waals surface area contributed by atoms with Crippen LogP contribution in [0.1, 0.15) is 39.2 Å². The Kier molecular flexibility index (Phi) is 6.93. The van der Waals surface area contributed by atoms with Crippen molar-refractivity contribution in [1.29, 1.82) is 0 Å². The van der Waals surface area contributed by atoms with Gasteiger partial charge in [0, 0.05) is 45.2 Å². The highest BCUT2D eigenvalue weighted by atomic mass is 35.5. The first kappa shape index (κ1) is 26.7. The van der Waals surface area contributed by atoms with Gasteiger partial charge in [-0.15, -0.1) is 11.3 Å². The summed E-state index contributed by atoms with van der Waals surface area (Å²) >= 11 is 7.44. The van der Waals surface area contributed by atoms with Gasteiger partial charge in [-0.2, -0.15) is 13.2 Å². The van der Waals surface area contributed by atoms with E-state index in [-0.39, 0.29) is 38.0 Å². The van der Waals surface area contributed by atoms with Gasteiger partial charge in [-0.1, -0.05) is 11.6 Å². The number of fused-ring (bicyclic) bond motifs is 2. The number of amides is 1. The number of carbonyl (C=O) groups excluding carboxylic acids is 1. The van der Waals surface area contributed by atoms with Crippen LogP contribution in [0.5, 0.6) is 0 Å². The van der Waals surface area contributed by atoms with Crippen LogP contribution in [0, 0.1) is 5.92 Å². The van der Waals surface area contributed by atoms with Gasteiger partial charge in [-0.3, -0.25) is 13.9 Å². The maximum atomic E-state index is 14.0. The fourth-order valence-electron chi connectivity index (χ4n) is 4.93. The summed E-state index contributed by atoms with van der Waals surface area (Å²) in [5, 5.41) is 3.42. The van der Waals surface area contributed by atoms with Crippen molar-refractivity contribution in [2.24, 2.45) is 5.92 Å². The smallest absolute Gasteiger partial charge is 0.340 e. The lowest BCUT2D eigenvalue weighted by molar-refractivity contribution is -0.137. The zero-order valence-corrected chi connectivity index (χ0v) is 23.4. The van der Waals surface area contributed by atoms with E-state index in [0.717, 1.165) is 60.6 Å². The molecule has 39 heavy (non-hydrogen) atoms. The molecule has 1 atom stereocenters. The van der Waals surface area contributed by atoms with Crippen LogP contribution in [0.3, 0.4) is 0 Å². The summed E-state index contributed by atoms with van der Waals surface area (Å²) in [6, 6.07) is 5.20. The number of benzene rings is 1. The minimum Gasteiger partial charge on any atom is -0.340 e. The van der Waals surface area contributed by atoms with Crippen molar-refractivity contribution in [2.75, 3.05) is 37.8 Å². The van der Waals surface area contributed by atoms with E-state index in [4.69, 9.17) is 11.6 Å². The standard InChI is InChI=1S/C26H25ClF3N5O2S2/c1-34-6-7-39(37)21-10-20(38-23(21)24(34)36)22-17(26(28,29)30)11-31-25(33-22)32-19-9-15-4-5-35(12-14-2-3-14)13-16(15)8-18(19)27/h8-11,14H,2-7,12-13H2,1H3,(H,31,32,33). The minimum atomic E-state index is -4.73. The van der Waals surface area contributed by atoms with Gasteiger partial charge in [-0.25, -0.2) is 9.97 Å². The molecule has 1 N–H and O–H groups in total. The molecule has 206 valence electrons. The number of nitrogens with zero attached hydrogens (tertiary/aromatic N) is 4. The second-order valence-electron chi connectivity index (χ2n) is 10.2. The number of hydrogen-bond donors (Lipinski definition) is 1. The monoisotopic (exact) mass is 595 g/mol. The topological polar surface area (TPSA) is 78.4 Å². The molecule has 1 fully saturated rings. The number of anilines is 2. The van der Waals surface area contributed by atoms with Crippen molar-refractivity contribution >= 4 is 51.3 Å². The molecule has 3 aliphatic rings. The first-order valence-electron chi connectivity index (χ1n) is 12.6. The first-order valence-corrected chi connectivity index (χ1v) is 15.1. The second-order valence-corrected chi connectivity index (χ2v) is 13.2. The largest absolute Gasteiger partial charge is 0.420 e. The minimum absolute atomic E-state index is 0.0563. The van der Waals surface area contributed by atoms with E-state index in [1.54, 1.807) is 7.05 Å². The van der Waals surface area contributed by atoms with Crippen LogP contribution in [0.15, 0.2) is 29.3 Å². The fraction of sp³-hybridized carbons (Fsp3) is 0.423. The molecule has 1 aromatic carbocycles. The Hall–Kier alpha value is -2.54. The van der Waals surface area contributed by atoms with Gasteiger partial charge < -0.3 is 10.2 Å². The van der Waals surface area contributed by atoms with E-state index in [9.17, 15) is 22.2 Å². The average molecular weight is 596 g/mol. The Bertz CT molecular complexity index is 1490. The number of thiophene rings is 1. The van der Waals surface area contributed by atoms with Crippen LogP contribution >= 0.6 is 22.9 Å². The summed E-state index contributed by atoms with van der Waals surface area (Å²) in [5.41, 5.74) is 1.37. The number of hydrogen-bond acceptors (Lipinski definition) is 7. The van der Waals surface area contributed by atoms with Gasteiger partial charge in [0.25, 0.3) is 5.91 Å². The molecule has 13 heteroatoms. The van der Waals surface area contributed by atoms with Crippen molar-refractivity contribution < 1.29 is 22.2 Å². The zero-order chi connectivity index (χ0) is 27.5. The predicted molar refractivity (Wildman–Crippen MR) is 145 cm³/mol. The number of rotatable bonds is 5. The molecular weight excluding hydrogens is 571 g/mol. The van der Waals surface area contributed by atoms with Crippen molar-refractivity contribution in [1.82, 2.24) is 19.8 Å². The van der Waals surface area contributed by atoms with Crippen LogP contribution in [-0.2, 0) is 29.9 Å². The molecular formula is C26H25ClF3N5O2S2. The lowest BCUT2D eigenvalue weighted by atomic mass is 9.98. The second kappa shape index (κ2) is 10.1. The quantitative estimate of drug-likeness (QED) is 0.415. The number of carbonyl (C=O) groups is 1. The van der Waals surface area contributed by atoms with Gasteiger partial charge in [0.2, 0.25) is 5.95 Å². The lowest BCUT2D eigenvalue weighted by Crippen LogP contribution is -2.32. The zero-order valence-electron chi connectivity index (χ0n) is 21.0. The van der Waals surface area contributed by atoms with E-state index in [2.05, 4.69) is 20.2 Å². The Labute approximate surface area is 234 Å². The van der Waals surface area contributed by atoms with Gasteiger partial charge in [0.05, 0.1) is 37.0 Å². The van der Waals surface area contributed by atoms with Crippen LogP contribution < -0.4 is 5.32 Å². The molecule has 0 bridgehead atoms. The van der Waals surface area contributed by atoms with Crippen LogP contribution in [0.4, 0.5) is 24.8 Å². The molecule has 1 aliphatic carbocycles. The Balaban J connectivity index is 1.33. The molecule has 0 spiro atoms. The molecule has 1 amide bonds. The van der Waals surface area contributed by atoms with Crippen molar-refractivity contribution in [3.8, 4) is 10.6 Å². The van der Waals surface area contributed by atoms with Gasteiger partial charge in [-0.05, 0) is 54.5 Å². The molecule has 0 saturated heterocycles. The van der Waals surface area contributed by atoms with Gasteiger partial charge >= 0.3 is 6.18 Å². The third-order valence-electron chi connectivity index (χ3n) is 7.26. The maximum Gasteiger partial charge on any atom is 0.420 e. The SMILES string of the molecule is CN1CCS(=O)c2cc(-c3nc(Nc4cc5c(cc4Cl)CN(CC4CC4)CC5)ncc3C(F)(F)F)sc2C1=O. The highest BCUT2D eigenvalue weighted by molar-refractivity contribution is 7.85. The summed E-state index contributed by atoms with van der Waals surface area (Å²) < 4.78 is 54.6. The number of alkyl halides is 3. The highest BCUT2D eigenvalue weighted by Gasteiger charge is 2.37. The van der Waals surface area contributed by atoms with Crippen molar-refractivity contribution in [2.45, 2.75) is 36.9 Å². The van der Waals surface area contributed by atoms with Crippen LogP contribution in [-0.4, -0.2) is 62.3 Å². The molecule has 4 heterocycles. The van der Waals surface area contributed by atoms with Crippen LogP contribution in [0.2, 0.25) is 5.02 Å². The van der Waals surface area contributed by atoms with E-state index in [0.29, 0.717) is 17.3 Å². The van der Waals surface area contributed by atoms with Crippen molar-refractivity contribution in [3.05, 3.63) is 51.0 Å². The van der Waals surface area contributed by atoms with Crippen LogP contribution in [0.25, 0.3) is 10.6 Å². The van der Waals surface area contributed by atoms with E-state index in [1.165, 1.54) is 23.8 Å². The van der Waals surface area contributed by atoms with E-state index < -0.39 is 22.5 Å². The number of nitrogens with one attached hydrogen (secondary N) is 1. The molecule has 1 saturated carbocycles.